The second kappa shape index (κ2) is 5.89. The smallest absolute Gasteiger partial charge is 0.311 e. The summed E-state index contributed by atoms with van der Waals surface area (Å²) < 4.78 is 10.9. The van der Waals surface area contributed by atoms with Crippen molar-refractivity contribution in [2.24, 2.45) is 5.92 Å². The summed E-state index contributed by atoms with van der Waals surface area (Å²) in [7, 11) is 1.45. The van der Waals surface area contributed by atoms with Gasteiger partial charge in [-0.05, 0) is 37.7 Å². The molecule has 1 aromatic carbocycles. The molecule has 2 unspecified atom stereocenters. The maximum atomic E-state index is 10.9. The molecule has 21 heavy (non-hydrogen) atoms. The molecule has 0 radical (unpaired) electrons. The number of rotatable bonds is 5. The lowest BCUT2D eigenvalue weighted by Gasteiger charge is -2.31. The van der Waals surface area contributed by atoms with Crippen LogP contribution in [-0.2, 0) is 4.74 Å². The first-order valence-electron chi connectivity index (χ1n) is 7.38. The van der Waals surface area contributed by atoms with Crippen molar-refractivity contribution in [1.29, 1.82) is 0 Å². The Morgan fingerprint density at radius 2 is 2.19 bits per heavy atom. The summed E-state index contributed by atoms with van der Waals surface area (Å²) >= 11 is 0. The third kappa shape index (κ3) is 3.26. The van der Waals surface area contributed by atoms with E-state index >= 15 is 0 Å². The van der Waals surface area contributed by atoms with Crippen molar-refractivity contribution >= 4 is 11.4 Å². The van der Waals surface area contributed by atoms with Crippen LogP contribution in [0.2, 0.25) is 0 Å². The van der Waals surface area contributed by atoms with Gasteiger partial charge in [-0.1, -0.05) is 0 Å². The number of hydrogen-bond acceptors (Lipinski definition) is 5. The van der Waals surface area contributed by atoms with Crippen molar-refractivity contribution in [2.45, 2.75) is 37.8 Å². The normalized spacial score (nSPS) is 25.4. The van der Waals surface area contributed by atoms with Crippen molar-refractivity contribution in [3.05, 3.63) is 28.3 Å². The molecule has 0 bridgehead atoms. The van der Waals surface area contributed by atoms with Crippen molar-refractivity contribution < 1.29 is 14.4 Å². The predicted molar refractivity (Wildman–Crippen MR) is 78.8 cm³/mol. The first-order chi connectivity index (χ1) is 10.2. The lowest BCUT2D eigenvalue weighted by molar-refractivity contribution is -0.385. The molecule has 2 aliphatic rings. The second-order valence-electron chi connectivity index (χ2n) is 5.76. The maximum Gasteiger partial charge on any atom is 0.311 e. The highest BCUT2D eigenvalue weighted by Crippen LogP contribution is 2.39. The molecule has 0 spiro atoms. The molecule has 1 N–H and O–H groups in total. The Morgan fingerprint density at radius 1 is 1.38 bits per heavy atom. The van der Waals surface area contributed by atoms with E-state index in [1.807, 2.05) is 0 Å². The van der Waals surface area contributed by atoms with Crippen molar-refractivity contribution in [1.82, 2.24) is 0 Å². The Labute approximate surface area is 123 Å². The number of hydrogen-bond donors (Lipinski definition) is 1. The minimum absolute atomic E-state index is 0.00844. The fourth-order valence-electron chi connectivity index (χ4n) is 2.91. The number of nitro benzene ring substituents is 1. The zero-order chi connectivity index (χ0) is 14.8. The van der Waals surface area contributed by atoms with Crippen LogP contribution < -0.4 is 10.1 Å². The fourth-order valence-corrected chi connectivity index (χ4v) is 2.91. The zero-order valence-corrected chi connectivity index (χ0v) is 12.1. The average Bonchev–Trinajstić information content (AvgIpc) is 3.32. The molecule has 1 aliphatic carbocycles. The highest BCUT2D eigenvalue weighted by atomic mass is 16.6. The van der Waals surface area contributed by atoms with Crippen LogP contribution in [0.25, 0.3) is 0 Å². The van der Waals surface area contributed by atoms with Crippen LogP contribution in [0.1, 0.15) is 25.7 Å². The van der Waals surface area contributed by atoms with E-state index < -0.39 is 4.92 Å². The predicted octanol–water partition coefficient (Wildman–Crippen LogP) is 2.97. The van der Waals surface area contributed by atoms with Crippen molar-refractivity contribution in [3.63, 3.8) is 0 Å². The summed E-state index contributed by atoms with van der Waals surface area (Å²) in [5.74, 6) is 1.02. The number of ether oxygens (including phenoxy) is 2. The Kier molecular flexibility index (Phi) is 3.96. The van der Waals surface area contributed by atoms with Crippen LogP contribution >= 0.6 is 0 Å². The minimum Gasteiger partial charge on any atom is -0.490 e. The van der Waals surface area contributed by atoms with Gasteiger partial charge in [0.25, 0.3) is 0 Å². The average molecular weight is 292 g/mol. The first-order valence-corrected chi connectivity index (χ1v) is 7.38. The molecule has 6 heteroatoms. The van der Waals surface area contributed by atoms with Crippen LogP contribution in [0, 0.1) is 16.0 Å². The number of benzene rings is 1. The number of nitro groups is 1. The Bertz CT molecular complexity index is 530. The topological polar surface area (TPSA) is 73.6 Å². The molecular formula is C15H20N2O4. The lowest BCUT2D eigenvalue weighted by Crippen LogP contribution is -2.35. The number of nitrogens with zero attached hydrogens (tertiary/aromatic N) is 1. The van der Waals surface area contributed by atoms with Crippen LogP contribution in [-0.4, -0.2) is 30.8 Å². The molecule has 114 valence electrons. The number of nitrogens with one attached hydrogen (secondary N) is 1. The van der Waals surface area contributed by atoms with Crippen LogP contribution in [0.3, 0.4) is 0 Å². The molecule has 6 nitrogen and oxygen atoms in total. The van der Waals surface area contributed by atoms with Gasteiger partial charge in [0.2, 0.25) is 0 Å². The summed E-state index contributed by atoms with van der Waals surface area (Å²) in [5, 5.41) is 14.3. The molecule has 0 aromatic heterocycles. The van der Waals surface area contributed by atoms with E-state index in [4.69, 9.17) is 9.47 Å². The van der Waals surface area contributed by atoms with Gasteiger partial charge in [-0.25, -0.2) is 0 Å². The van der Waals surface area contributed by atoms with E-state index in [1.165, 1.54) is 26.0 Å². The van der Waals surface area contributed by atoms with Gasteiger partial charge in [-0.2, -0.15) is 0 Å². The molecule has 1 aromatic rings. The van der Waals surface area contributed by atoms with E-state index in [0.717, 1.165) is 31.1 Å². The maximum absolute atomic E-state index is 10.9. The van der Waals surface area contributed by atoms with Gasteiger partial charge in [-0.15, -0.1) is 0 Å². The van der Waals surface area contributed by atoms with E-state index in [0.29, 0.717) is 12.1 Å². The lowest BCUT2D eigenvalue weighted by atomic mass is 10.00. The molecular weight excluding hydrogens is 272 g/mol. The Morgan fingerprint density at radius 3 is 2.86 bits per heavy atom. The largest absolute Gasteiger partial charge is 0.490 e. The van der Waals surface area contributed by atoms with Gasteiger partial charge < -0.3 is 14.8 Å². The third-order valence-corrected chi connectivity index (χ3v) is 4.21. The quantitative estimate of drug-likeness (QED) is 0.667. The van der Waals surface area contributed by atoms with Crippen molar-refractivity contribution in [2.75, 3.05) is 19.0 Å². The summed E-state index contributed by atoms with van der Waals surface area (Å²) in [6.07, 6.45) is 4.90. The molecule has 1 heterocycles. The van der Waals surface area contributed by atoms with E-state index in [9.17, 15) is 10.1 Å². The molecule has 1 aliphatic heterocycles. The minimum atomic E-state index is -0.430. The summed E-state index contributed by atoms with van der Waals surface area (Å²) in [4.78, 5) is 10.5. The fraction of sp³-hybridized carbons (Fsp3) is 0.600. The van der Waals surface area contributed by atoms with Crippen LogP contribution in [0.5, 0.6) is 5.75 Å². The van der Waals surface area contributed by atoms with Crippen molar-refractivity contribution in [3.8, 4) is 5.75 Å². The number of anilines is 1. The molecule has 3 rings (SSSR count). The Balaban J connectivity index is 1.67. The van der Waals surface area contributed by atoms with E-state index in [-0.39, 0.29) is 11.4 Å². The number of methoxy groups -OCH3 is 1. The van der Waals surface area contributed by atoms with Gasteiger partial charge in [-0.3, -0.25) is 10.1 Å². The van der Waals surface area contributed by atoms with E-state index in [1.54, 1.807) is 12.1 Å². The molecule has 1 saturated carbocycles. The molecule has 2 fully saturated rings. The third-order valence-electron chi connectivity index (χ3n) is 4.21. The highest BCUT2D eigenvalue weighted by Gasteiger charge is 2.35. The monoisotopic (exact) mass is 292 g/mol. The second-order valence-corrected chi connectivity index (χ2v) is 5.76. The molecule has 2 atom stereocenters. The summed E-state index contributed by atoms with van der Waals surface area (Å²) in [5.41, 5.74) is 0.852. The SMILES string of the molecule is COc1cc(NC2CCOC(C3CC3)C2)ccc1[N+](=O)[O-]. The summed E-state index contributed by atoms with van der Waals surface area (Å²) in [6, 6.07) is 5.27. The van der Waals surface area contributed by atoms with Gasteiger partial charge >= 0.3 is 5.69 Å². The van der Waals surface area contributed by atoms with E-state index in [2.05, 4.69) is 5.32 Å². The van der Waals surface area contributed by atoms with Gasteiger partial charge in [0, 0.05) is 30.5 Å². The molecule has 1 saturated heterocycles. The highest BCUT2D eigenvalue weighted by molar-refractivity contribution is 5.58. The molecule has 0 amide bonds. The standard InChI is InChI=1S/C15H20N2O4/c1-20-15-9-11(4-5-13(15)17(18)19)16-12-6-7-21-14(8-12)10-2-3-10/h4-5,9-10,12,14,16H,2-3,6-8H2,1H3. The Hall–Kier alpha value is -1.82. The summed E-state index contributed by atoms with van der Waals surface area (Å²) in [6.45, 7) is 0.781. The van der Waals surface area contributed by atoms with Crippen LogP contribution in [0.15, 0.2) is 18.2 Å². The zero-order valence-electron chi connectivity index (χ0n) is 12.1. The van der Waals surface area contributed by atoms with Gasteiger partial charge in [0.05, 0.1) is 18.1 Å². The van der Waals surface area contributed by atoms with Crippen LogP contribution in [0.4, 0.5) is 11.4 Å². The first kappa shape index (κ1) is 14.1. The van der Waals surface area contributed by atoms with Gasteiger partial charge in [0.1, 0.15) is 0 Å². The van der Waals surface area contributed by atoms with Gasteiger partial charge in [0.15, 0.2) is 5.75 Å².